The van der Waals surface area contributed by atoms with Crippen LogP contribution in [0.5, 0.6) is 0 Å². The molecule has 20 heavy (non-hydrogen) atoms. The van der Waals surface area contributed by atoms with Crippen molar-refractivity contribution in [3.63, 3.8) is 0 Å². The molecule has 2 aromatic rings. The highest BCUT2D eigenvalue weighted by Gasteiger charge is 2.02. The SMILES string of the molecule is CN=C(NCc1cccc(C)c1)NCc1ncnn1C. The average molecular weight is 272 g/mol. The Balaban J connectivity index is 1.85. The first-order valence-electron chi connectivity index (χ1n) is 6.52. The summed E-state index contributed by atoms with van der Waals surface area (Å²) in [5.74, 6) is 1.61. The van der Waals surface area contributed by atoms with E-state index in [1.165, 1.54) is 11.1 Å². The van der Waals surface area contributed by atoms with E-state index in [9.17, 15) is 0 Å². The number of aryl methyl sites for hydroxylation is 2. The molecule has 0 unspecified atom stereocenters. The van der Waals surface area contributed by atoms with Gasteiger partial charge in [-0.05, 0) is 12.5 Å². The molecule has 0 bridgehead atoms. The number of aliphatic imine (C=N–C) groups is 1. The van der Waals surface area contributed by atoms with Crippen LogP contribution in [-0.2, 0) is 20.1 Å². The highest BCUT2D eigenvalue weighted by atomic mass is 15.3. The van der Waals surface area contributed by atoms with E-state index in [0.29, 0.717) is 6.54 Å². The summed E-state index contributed by atoms with van der Waals surface area (Å²) in [5, 5.41) is 10.5. The maximum absolute atomic E-state index is 4.19. The van der Waals surface area contributed by atoms with Gasteiger partial charge in [0.2, 0.25) is 0 Å². The Kier molecular flexibility index (Phi) is 4.70. The summed E-state index contributed by atoms with van der Waals surface area (Å²) < 4.78 is 1.74. The molecule has 0 fully saturated rings. The van der Waals surface area contributed by atoms with Crippen LogP contribution in [0.4, 0.5) is 0 Å². The van der Waals surface area contributed by atoms with Crippen LogP contribution in [-0.4, -0.2) is 27.8 Å². The standard InChI is InChI=1S/C14H20N6/c1-11-5-4-6-12(7-11)8-16-14(15-2)17-9-13-18-10-19-20(13)3/h4-7,10H,8-9H2,1-3H3,(H2,15,16,17). The quantitative estimate of drug-likeness (QED) is 0.643. The Morgan fingerprint density at radius 3 is 2.75 bits per heavy atom. The summed E-state index contributed by atoms with van der Waals surface area (Å²) in [6.07, 6.45) is 1.54. The van der Waals surface area contributed by atoms with E-state index in [2.05, 4.69) is 56.9 Å². The Bertz CT molecular complexity index is 587. The van der Waals surface area contributed by atoms with Gasteiger partial charge in [-0.2, -0.15) is 5.10 Å². The van der Waals surface area contributed by atoms with Crippen LogP contribution in [0.2, 0.25) is 0 Å². The summed E-state index contributed by atoms with van der Waals surface area (Å²) in [6, 6.07) is 8.39. The molecule has 0 aliphatic heterocycles. The van der Waals surface area contributed by atoms with Crippen LogP contribution in [0.15, 0.2) is 35.6 Å². The molecule has 0 aliphatic carbocycles. The largest absolute Gasteiger partial charge is 0.352 e. The van der Waals surface area contributed by atoms with Gasteiger partial charge in [0.15, 0.2) is 5.96 Å². The average Bonchev–Trinajstić information content (AvgIpc) is 2.85. The number of nitrogens with one attached hydrogen (secondary N) is 2. The lowest BCUT2D eigenvalue weighted by molar-refractivity contribution is 0.672. The van der Waals surface area contributed by atoms with Crippen molar-refractivity contribution in [2.75, 3.05) is 7.05 Å². The second-order valence-corrected chi connectivity index (χ2v) is 4.57. The zero-order chi connectivity index (χ0) is 14.4. The van der Waals surface area contributed by atoms with E-state index in [0.717, 1.165) is 18.3 Å². The van der Waals surface area contributed by atoms with Gasteiger partial charge in [0.1, 0.15) is 12.2 Å². The van der Waals surface area contributed by atoms with Gasteiger partial charge in [-0.1, -0.05) is 29.8 Å². The Labute approximate surface area is 119 Å². The van der Waals surface area contributed by atoms with Gasteiger partial charge in [-0.15, -0.1) is 0 Å². The maximum Gasteiger partial charge on any atom is 0.191 e. The number of benzene rings is 1. The molecule has 6 nitrogen and oxygen atoms in total. The van der Waals surface area contributed by atoms with Crippen LogP contribution in [0, 0.1) is 6.92 Å². The van der Waals surface area contributed by atoms with E-state index in [4.69, 9.17) is 0 Å². The van der Waals surface area contributed by atoms with E-state index in [-0.39, 0.29) is 0 Å². The molecule has 0 saturated carbocycles. The number of nitrogens with zero attached hydrogens (tertiary/aromatic N) is 4. The van der Waals surface area contributed by atoms with E-state index in [1.807, 2.05) is 7.05 Å². The zero-order valence-electron chi connectivity index (χ0n) is 12.1. The third-order valence-corrected chi connectivity index (χ3v) is 2.99. The molecule has 1 aromatic heterocycles. The smallest absolute Gasteiger partial charge is 0.191 e. The maximum atomic E-state index is 4.19. The number of guanidine groups is 1. The molecule has 0 spiro atoms. The fraction of sp³-hybridized carbons (Fsp3) is 0.357. The molecule has 1 aromatic carbocycles. The molecule has 0 atom stereocenters. The minimum Gasteiger partial charge on any atom is -0.352 e. The third-order valence-electron chi connectivity index (χ3n) is 2.99. The van der Waals surface area contributed by atoms with Crippen LogP contribution in [0.1, 0.15) is 17.0 Å². The van der Waals surface area contributed by atoms with Crippen molar-refractivity contribution >= 4 is 5.96 Å². The number of hydrogen-bond acceptors (Lipinski definition) is 3. The Morgan fingerprint density at radius 1 is 1.30 bits per heavy atom. The summed E-state index contributed by atoms with van der Waals surface area (Å²) in [7, 11) is 3.62. The molecule has 2 N–H and O–H groups in total. The molecular weight excluding hydrogens is 252 g/mol. The summed E-state index contributed by atoms with van der Waals surface area (Å²) in [5.41, 5.74) is 2.48. The minimum atomic E-state index is 0.587. The predicted molar refractivity (Wildman–Crippen MR) is 79.2 cm³/mol. The van der Waals surface area contributed by atoms with E-state index >= 15 is 0 Å². The van der Waals surface area contributed by atoms with E-state index in [1.54, 1.807) is 18.1 Å². The predicted octanol–water partition coefficient (Wildman–Crippen LogP) is 0.989. The lowest BCUT2D eigenvalue weighted by Gasteiger charge is -2.11. The van der Waals surface area contributed by atoms with Gasteiger partial charge >= 0.3 is 0 Å². The fourth-order valence-corrected chi connectivity index (χ4v) is 1.87. The highest BCUT2D eigenvalue weighted by molar-refractivity contribution is 5.79. The van der Waals surface area contributed by atoms with Crippen molar-refractivity contribution in [3.8, 4) is 0 Å². The van der Waals surface area contributed by atoms with Gasteiger partial charge in [0.25, 0.3) is 0 Å². The van der Waals surface area contributed by atoms with Gasteiger partial charge < -0.3 is 10.6 Å². The highest BCUT2D eigenvalue weighted by Crippen LogP contribution is 2.03. The van der Waals surface area contributed by atoms with Crippen molar-refractivity contribution in [1.82, 2.24) is 25.4 Å². The molecule has 0 saturated heterocycles. The normalized spacial score (nSPS) is 11.4. The van der Waals surface area contributed by atoms with Crippen molar-refractivity contribution < 1.29 is 0 Å². The molecule has 2 rings (SSSR count). The second-order valence-electron chi connectivity index (χ2n) is 4.57. The lowest BCUT2D eigenvalue weighted by atomic mass is 10.1. The van der Waals surface area contributed by atoms with Crippen LogP contribution < -0.4 is 10.6 Å². The summed E-state index contributed by atoms with van der Waals surface area (Å²) in [6.45, 7) is 3.41. The third kappa shape index (κ3) is 3.81. The first-order valence-corrected chi connectivity index (χ1v) is 6.52. The molecule has 0 radical (unpaired) electrons. The summed E-state index contributed by atoms with van der Waals surface area (Å²) >= 11 is 0. The number of hydrogen-bond donors (Lipinski definition) is 2. The monoisotopic (exact) mass is 272 g/mol. The van der Waals surface area contributed by atoms with Gasteiger partial charge in [0.05, 0.1) is 6.54 Å². The van der Waals surface area contributed by atoms with Gasteiger partial charge in [-0.3, -0.25) is 9.67 Å². The first kappa shape index (κ1) is 14.0. The van der Waals surface area contributed by atoms with E-state index < -0.39 is 0 Å². The number of aromatic nitrogens is 3. The van der Waals surface area contributed by atoms with Gasteiger partial charge in [0, 0.05) is 20.6 Å². The topological polar surface area (TPSA) is 67.1 Å². The van der Waals surface area contributed by atoms with Crippen LogP contribution in [0.3, 0.4) is 0 Å². The molecule has 0 amide bonds. The Hall–Kier alpha value is -2.37. The van der Waals surface area contributed by atoms with Crippen molar-refractivity contribution in [3.05, 3.63) is 47.5 Å². The minimum absolute atomic E-state index is 0.587. The molecule has 1 heterocycles. The Morgan fingerprint density at radius 2 is 2.10 bits per heavy atom. The van der Waals surface area contributed by atoms with Crippen molar-refractivity contribution in [2.24, 2.45) is 12.0 Å². The molecular formula is C14H20N6. The second kappa shape index (κ2) is 6.70. The van der Waals surface area contributed by atoms with Crippen LogP contribution >= 0.6 is 0 Å². The van der Waals surface area contributed by atoms with Gasteiger partial charge in [-0.25, -0.2) is 4.98 Å². The number of rotatable bonds is 4. The first-order chi connectivity index (χ1) is 9.69. The summed E-state index contributed by atoms with van der Waals surface area (Å²) in [4.78, 5) is 8.35. The fourth-order valence-electron chi connectivity index (χ4n) is 1.87. The van der Waals surface area contributed by atoms with Crippen molar-refractivity contribution in [2.45, 2.75) is 20.0 Å². The zero-order valence-corrected chi connectivity index (χ0v) is 12.1. The molecule has 6 heteroatoms. The lowest BCUT2D eigenvalue weighted by Crippen LogP contribution is -2.36. The molecule has 0 aliphatic rings. The van der Waals surface area contributed by atoms with Crippen LogP contribution in [0.25, 0.3) is 0 Å². The molecule has 106 valence electrons. The van der Waals surface area contributed by atoms with Crippen molar-refractivity contribution in [1.29, 1.82) is 0 Å².